The lowest BCUT2D eigenvalue weighted by atomic mass is 9.97. The van der Waals surface area contributed by atoms with Crippen molar-refractivity contribution in [3.05, 3.63) is 109 Å². The summed E-state index contributed by atoms with van der Waals surface area (Å²) >= 11 is 0. The van der Waals surface area contributed by atoms with E-state index in [4.69, 9.17) is 9.72 Å². The number of hydrogen-bond acceptors (Lipinski definition) is 7. The lowest BCUT2D eigenvalue weighted by Gasteiger charge is -2.36. The van der Waals surface area contributed by atoms with Crippen LogP contribution in [0.4, 0.5) is 5.69 Å². The molecule has 1 N–H and O–H groups in total. The molecular weight excluding hydrogens is 480 g/mol. The van der Waals surface area contributed by atoms with Gasteiger partial charge in [-0.1, -0.05) is 54.6 Å². The molecule has 0 bridgehead atoms. The van der Waals surface area contributed by atoms with Gasteiger partial charge in [0.05, 0.1) is 23.7 Å². The van der Waals surface area contributed by atoms with Crippen LogP contribution in [0.25, 0.3) is 33.3 Å². The predicted octanol–water partition coefficient (Wildman–Crippen LogP) is 3.18. The van der Waals surface area contributed by atoms with E-state index in [0.29, 0.717) is 29.7 Å². The summed E-state index contributed by atoms with van der Waals surface area (Å²) in [4.78, 5) is 48.0. The highest BCUT2D eigenvalue weighted by Crippen LogP contribution is 2.33. The molecule has 0 radical (unpaired) electrons. The van der Waals surface area contributed by atoms with E-state index in [1.807, 2.05) is 47.4 Å². The van der Waals surface area contributed by atoms with Crippen LogP contribution < -0.4 is 26.1 Å². The first kappa shape index (κ1) is 23.8. The highest BCUT2D eigenvalue weighted by atomic mass is 16.5. The van der Waals surface area contributed by atoms with Gasteiger partial charge in [-0.2, -0.15) is 0 Å². The lowest BCUT2D eigenvalue weighted by Crippen LogP contribution is -2.50. The molecular formula is C30H26N4O4. The molecule has 1 aliphatic rings. The Morgan fingerprint density at radius 1 is 0.868 bits per heavy atom. The molecule has 2 aromatic heterocycles. The number of anilines is 1. The van der Waals surface area contributed by atoms with E-state index in [0.717, 1.165) is 42.0 Å². The minimum absolute atomic E-state index is 0.155. The predicted molar refractivity (Wildman–Crippen MR) is 149 cm³/mol. The second-order valence-corrected chi connectivity index (χ2v) is 9.49. The standard InChI is InChI=1S/C30H26N4O4/c1-38-29-26(27(35)28(29)36)34-15-13-33(14-16-34)18-19-7-9-21(10-8-19)25-22(20-5-3-2-4-6-20)17-23-24(32-25)11-12-31-30(23)37/h2-12,17H,13-16,18H2,1H3,(H,31,37). The van der Waals surface area contributed by atoms with Gasteiger partial charge in [-0.15, -0.1) is 0 Å². The molecule has 0 spiro atoms. The minimum Gasteiger partial charge on any atom is -0.491 e. The van der Waals surface area contributed by atoms with Crippen LogP contribution in [0.15, 0.2) is 87.3 Å². The quantitative estimate of drug-likeness (QED) is 0.354. The van der Waals surface area contributed by atoms with Crippen LogP contribution >= 0.6 is 0 Å². The van der Waals surface area contributed by atoms with Crippen LogP contribution in [0, 0.1) is 0 Å². The highest BCUT2D eigenvalue weighted by molar-refractivity contribution is 5.91. The zero-order valence-electron chi connectivity index (χ0n) is 20.9. The van der Waals surface area contributed by atoms with Gasteiger partial charge in [0, 0.05) is 50.0 Å². The molecule has 1 saturated heterocycles. The zero-order valence-corrected chi connectivity index (χ0v) is 20.9. The highest BCUT2D eigenvalue weighted by Gasteiger charge is 2.29. The molecule has 5 aromatic rings. The number of hydrogen-bond donors (Lipinski definition) is 1. The van der Waals surface area contributed by atoms with E-state index >= 15 is 0 Å². The number of pyridine rings is 2. The summed E-state index contributed by atoms with van der Waals surface area (Å²) in [6, 6.07) is 22.1. The first-order valence-corrected chi connectivity index (χ1v) is 12.6. The summed E-state index contributed by atoms with van der Waals surface area (Å²) < 4.78 is 5.10. The van der Waals surface area contributed by atoms with Crippen LogP contribution in [0.1, 0.15) is 5.56 Å². The number of benzene rings is 2. The maximum Gasteiger partial charge on any atom is 0.272 e. The normalized spacial score (nSPS) is 14.3. The molecule has 0 unspecified atom stereocenters. The van der Waals surface area contributed by atoms with Gasteiger partial charge in [0.1, 0.15) is 5.69 Å². The lowest BCUT2D eigenvalue weighted by molar-refractivity contribution is 0.248. The summed E-state index contributed by atoms with van der Waals surface area (Å²) in [5.74, 6) is 0.181. The maximum atomic E-state index is 12.4. The van der Waals surface area contributed by atoms with Gasteiger partial charge in [0.15, 0.2) is 5.75 Å². The van der Waals surface area contributed by atoms with E-state index in [2.05, 4.69) is 34.1 Å². The number of nitrogens with zero attached hydrogens (tertiary/aromatic N) is 3. The van der Waals surface area contributed by atoms with Gasteiger partial charge in [0.25, 0.3) is 16.4 Å². The van der Waals surface area contributed by atoms with Gasteiger partial charge in [-0.3, -0.25) is 19.3 Å². The third-order valence-corrected chi connectivity index (χ3v) is 7.21. The molecule has 1 fully saturated rings. The molecule has 0 amide bonds. The van der Waals surface area contributed by atoms with Crippen LogP contribution in [0.5, 0.6) is 5.75 Å². The summed E-state index contributed by atoms with van der Waals surface area (Å²) in [5, 5.41) is 0.562. The van der Waals surface area contributed by atoms with Crippen molar-refractivity contribution < 1.29 is 4.74 Å². The molecule has 8 heteroatoms. The number of piperazine rings is 1. The first-order valence-electron chi connectivity index (χ1n) is 12.6. The average molecular weight is 507 g/mol. The van der Waals surface area contributed by atoms with Crippen LogP contribution in [-0.2, 0) is 6.54 Å². The maximum absolute atomic E-state index is 12.4. The Kier molecular flexibility index (Phi) is 6.09. The molecule has 0 saturated carbocycles. The van der Waals surface area contributed by atoms with Crippen molar-refractivity contribution in [1.29, 1.82) is 0 Å². The van der Waals surface area contributed by atoms with Gasteiger partial charge >= 0.3 is 0 Å². The SMILES string of the molecule is COc1c(N2CCN(Cc3ccc(-c4nc5cc[nH]c(=O)c5cc4-c4ccccc4)cc3)CC2)c(=O)c1=O. The summed E-state index contributed by atoms with van der Waals surface area (Å²) in [6.07, 6.45) is 1.62. The Morgan fingerprint density at radius 2 is 1.61 bits per heavy atom. The minimum atomic E-state index is -0.534. The first-order chi connectivity index (χ1) is 18.5. The fraction of sp³-hybridized carbons (Fsp3) is 0.200. The number of aromatic amines is 1. The second kappa shape index (κ2) is 9.72. The van der Waals surface area contributed by atoms with Gasteiger partial charge < -0.3 is 14.6 Å². The van der Waals surface area contributed by atoms with Crippen molar-refractivity contribution in [2.75, 3.05) is 38.2 Å². The van der Waals surface area contributed by atoms with Crippen molar-refractivity contribution >= 4 is 16.6 Å². The molecule has 0 atom stereocenters. The number of H-pyrrole nitrogens is 1. The second-order valence-electron chi connectivity index (χ2n) is 9.49. The van der Waals surface area contributed by atoms with Crippen LogP contribution in [-0.4, -0.2) is 48.2 Å². The number of methoxy groups -OCH3 is 1. The van der Waals surface area contributed by atoms with E-state index < -0.39 is 10.9 Å². The number of ether oxygens (including phenoxy) is 1. The molecule has 3 aromatic carbocycles. The Bertz CT molecular complexity index is 1740. The molecule has 1 aliphatic heterocycles. The summed E-state index contributed by atoms with van der Waals surface area (Å²) in [5.41, 5.74) is 4.82. The summed E-state index contributed by atoms with van der Waals surface area (Å²) in [7, 11) is 1.43. The Hall–Kier alpha value is -4.56. The van der Waals surface area contributed by atoms with Crippen LogP contribution in [0.2, 0.25) is 0 Å². The Balaban J connectivity index is 1.22. The largest absolute Gasteiger partial charge is 0.491 e. The van der Waals surface area contributed by atoms with Crippen molar-refractivity contribution in [1.82, 2.24) is 14.9 Å². The topological polar surface area (TPSA) is 95.6 Å². The molecule has 8 nitrogen and oxygen atoms in total. The molecule has 38 heavy (non-hydrogen) atoms. The fourth-order valence-electron chi connectivity index (χ4n) is 5.16. The van der Waals surface area contributed by atoms with Crippen molar-refractivity contribution in [2.45, 2.75) is 6.54 Å². The monoisotopic (exact) mass is 506 g/mol. The molecule has 3 heterocycles. The third kappa shape index (κ3) is 4.18. The third-order valence-electron chi connectivity index (χ3n) is 7.21. The van der Waals surface area contributed by atoms with E-state index in [1.165, 1.54) is 12.7 Å². The number of fused-ring (bicyclic) bond motifs is 1. The number of aromatic nitrogens is 2. The van der Waals surface area contributed by atoms with Gasteiger partial charge in [-0.05, 0) is 23.3 Å². The number of rotatable bonds is 6. The fourth-order valence-corrected chi connectivity index (χ4v) is 5.16. The van der Waals surface area contributed by atoms with Gasteiger partial charge in [0.2, 0.25) is 0 Å². The van der Waals surface area contributed by atoms with Crippen molar-refractivity contribution in [3.8, 4) is 28.1 Å². The van der Waals surface area contributed by atoms with E-state index in [9.17, 15) is 14.4 Å². The van der Waals surface area contributed by atoms with Crippen LogP contribution in [0.3, 0.4) is 0 Å². The zero-order chi connectivity index (χ0) is 26.2. The molecule has 0 aliphatic carbocycles. The Labute approximate surface area is 218 Å². The van der Waals surface area contributed by atoms with Crippen molar-refractivity contribution in [3.63, 3.8) is 0 Å². The van der Waals surface area contributed by atoms with E-state index in [1.54, 1.807) is 6.20 Å². The Morgan fingerprint density at radius 3 is 2.32 bits per heavy atom. The van der Waals surface area contributed by atoms with E-state index in [-0.39, 0.29) is 11.3 Å². The molecule has 190 valence electrons. The van der Waals surface area contributed by atoms with Crippen molar-refractivity contribution in [2.24, 2.45) is 0 Å². The summed E-state index contributed by atoms with van der Waals surface area (Å²) in [6.45, 7) is 3.67. The smallest absolute Gasteiger partial charge is 0.272 e. The molecule has 6 rings (SSSR count). The van der Waals surface area contributed by atoms with Gasteiger partial charge in [-0.25, -0.2) is 4.98 Å². The average Bonchev–Trinajstić information content (AvgIpc) is 2.96. The number of nitrogens with one attached hydrogen (secondary N) is 1.